The fourth-order valence-electron chi connectivity index (χ4n) is 1.41. The molecule has 0 bridgehead atoms. The van der Waals surface area contributed by atoms with Gasteiger partial charge < -0.3 is 0 Å². The second-order valence-electron chi connectivity index (χ2n) is 3.63. The summed E-state index contributed by atoms with van der Waals surface area (Å²) in [6.07, 6.45) is 1.85. The molecule has 1 unspecified atom stereocenters. The number of alkyl halides is 1. The van der Waals surface area contributed by atoms with Crippen LogP contribution in [0.2, 0.25) is 0 Å². The van der Waals surface area contributed by atoms with Gasteiger partial charge in [0.25, 0.3) is 0 Å². The molecule has 0 aliphatic carbocycles. The Bertz CT molecular complexity index is 508. The summed E-state index contributed by atoms with van der Waals surface area (Å²) in [5.74, 6) is 0. The van der Waals surface area contributed by atoms with Crippen molar-refractivity contribution in [2.24, 2.45) is 0 Å². The van der Waals surface area contributed by atoms with Gasteiger partial charge in [-0.15, -0.1) is 16.7 Å². The van der Waals surface area contributed by atoms with E-state index in [0.29, 0.717) is 0 Å². The molecule has 0 aliphatic rings. The van der Waals surface area contributed by atoms with Crippen LogP contribution in [0.1, 0.15) is 23.6 Å². The van der Waals surface area contributed by atoms with Crippen molar-refractivity contribution in [3.8, 4) is 5.69 Å². The molecule has 1 atom stereocenters. The predicted octanol–water partition coefficient (Wildman–Crippen LogP) is 3.64. The van der Waals surface area contributed by atoms with E-state index in [2.05, 4.69) is 26.2 Å². The van der Waals surface area contributed by atoms with E-state index in [4.69, 9.17) is 11.6 Å². The van der Waals surface area contributed by atoms with Crippen LogP contribution < -0.4 is 0 Å². The van der Waals surface area contributed by atoms with Gasteiger partial charge in [0.15, 0.2) is 0 Å². The third-order valence-electron chi connectivity index (χ3n) is 2.34. The lowest BCUT2D eigenvalue weighted by Gasteiger charge is -2.04. The molecule has 2 aromatic rings. The first-order chi connectivity index (χ1) is 7.58. The lowest BCUT2D eigenvalue weighted by molar-refractivity contribution is 0.792. The second-order valence-corrected chi connectivity index (χ2v) is 5.21. The number of hydrogen-bond donors (Lipinski definition) is 0. The lowest BCUT2D eigenvalue weighted by atomic mass is 10.2. The van der Waals surface area contributed by atoms with Crippen molar-refractivity contribution in [3.05, 3.63) is 40.1 Å². The van der Waals surface area contributed by atoms with Gasteiger partial charge in [0.1, 0.15) is 5.69 Å². The molecule has 16 heavy (non-hydrogen) atoms. The molecular weight excluding hydrogens is 289 g/mol. The van der Waals surface area contributed by atoms with Crippen LogP contribution >= 0.6 is 27.5 Å². The van der Waals surface area contributed by atoms with Gasteiger partial charge in [-0.05, 0) is 31.5 Å². The van der Waals surface area contributed by atoms with E-state index < -0.39 is 0 Å². The Labute approximate surface area is 108 Å². The lowest BCUT2D eigenvalue weighted by Crippen LogP contribution is -1.97. The fourth-order valence-corrected chi connectivity index (χ4v) is 1.86. The van der Waals surface area contributed by atoms with E-state index in [-0.39, 0.29) is 5.38 Å². The number of hydrogen-bond acceptors (Lipinski definition) is 2. The summed E-state index contributed by atoms with van der Waals surface area (Å²) in [5, 5.41) is 7.98. The smallest absolute Gasteiger partial charge is 0.101 e. The van der Waals surface area contributed by atoms with Crippen LogP contribution in [0.15, 0.2) is 28.9 Å². The van der Waals surface area contributed by atoms with E-state index in [1.54, 1.807) is 4.68 Å². The topological polar surface area (TPSA) is 30.7 Å². The molecule has 0 radical (unpaired) electrons. The third-order valence-corrected chi connectivity index (χ3v) is 3.05. The maximum absolute atomic E-state index is 5.95. The highest BCUT2D eigenvalue weighted by Gasteiger charge is 2.09. The summed E-state index contributed by atoms with van der Waals surface area (Å²) in [6, 6.07) is 6.04. The highest BCUT2D eigenvalue weighted by atomic mass is 79.9. The van der Waals surface area contributed by atoms with Gasteiger partial charge in [-0.2, -0.15) is 0 Å². The Balaban J connectivity index is 2.46. The van der Waals surface area contributed by atoms with Crippen LogP contribution in [0.4, 0.5) is 0 Å². The van der Waals surface area contributed by atoms with Gasteiger partial charge in [0.05, 0.1) is 17.3 Å². The van der Waals surface area contributed by atoms with Gasteiger partial charge in [0.2, 0.25) is 0 Å². The molecule has 0 N–H and O–H groups in total. The predicted molar refractivity (Wildman–Crippen MR) is 68.1 cm³/mol. The molecule has 0 fully saturated rings. The Morgan fingerprint density at radius 3 is 2.81 bits per heavy atom. The van der Waals surface area contributed by atoms with Crippen LogP contribution in [-0.2, 0) is 0 Å². The zero-order valence-electron chi connectivity index (χ0n) is 8.98. The van der Waals surface area contributed by atoms with E-state index >= 15 is 0 Å². The van der Waals surface area contributed by atoms with Gasteiger partial charge in [0, 0.05) is 4.47 Å². The molecule has 0 aliphatic heterocycles. The maximum atomic E-state index is 5.95. The van der Waals surface area contributed by atoms with E-state index in [9.17, 15) is 0 Å². The largest absolute Gasteiger partial charge is 0.220 e. The molecule has 2 rings (SSSR count). The highest BCUT2D eigenvalue weighted by molar-refractivity contribution is 9.10. The first-order valence-corrected chi connectivity index (χ1v) is 6.13. The minimum Gasteiger partial charge on any atom is -0.220 e. The Kier molecular flexibility index (Phi) is 3.30. The molecular formula is C11H11BrClN3. The van der Waals surface area contributed by atoms with Crippen LogP contribution in [0.25, 0.3) is 5.69 Å². The summed E-state index contributed by atoms with van der Waals surface area (Å²) in [6.45, 7) is 3.91. The van der Waals surface area contributed by atoms with E-state index in [0.717, 1.165) is 21.4 Å². The van der Waals surface area contributed by atoms with Crippen LogP contribution in [0, 0.1) is 6.92 Å². The van der Waals surface area contributed by atoms with Gasteiger partial charge in [-0.1, -0.05) is 27.2 Å². The molecule has 5 heteroatoms. The van der Waals surface area contributed by atoms with Crippen molar-refractivity contribution in [1.29, 1.82) is 0 Å². The monoisotopic (exact) mass is 299 g/mol. The van der Waals surface area contributed by atoms with Crippen molar-refractivity contribution in [3.63, 3.8) is 0 Å². The minimum absolute atomic E-state index is 0.124. The van der Waals surface area contributed by atoms with Crippen molar-refractivity contribution in [2.75, 3.05) is 0 Å². The normalized spacial score (nSPS) is 12.8. The molecule has 3 nitrogen and oxygen atoms in total. The first kappa shape index (κ1) is 11.6. The van der Waals surface area contributed by atoms with E-state index in [1.807, 2.05) is 38.2 Å². The zero-order valence-corrected chi connectivity index (χ0v) is 11.3. The van der Waals surface area contributed by atoms with Gasteiger partial charge in [-0.25, -0.2) is 4.68 Å². The van der Waals surface area contributed by atoms with Crippen LogP contribution in [0.3, 0.4) is 0 Å². The van der Waals surface area contributed by atoms with Gasteiger partial charge in [-0.3, -0.25) is 0 Å². The number of benzene rings is 1. The number of aromatic nitrogens is 3. The summed E-state index contributed by atoms with van der Waals surface area (Å²) < 4.78 is 2.76. The van der Waals surface area contributed by atoms with Crippen molar-refractivity contribution in [2.45, 2.75) is 19.2 Å². The number of nitrogens with zero attached hydrogens (tertiary/aromatic N) is 3. The molecule has 1 aromatic carbocycles. The molecule has 0 saturated carbocycles. The fraction of sp³-hybridized carbons (Fsp3) is 0.273. The van der Waals surface area contributed by atoms with Crippen molar-refractivity contribution >= 4 is 27.5 Å². The van der Waals surface area contributed by atoms with Crippen LogP contribution in [0.5, 0.6) is 0 Å². The molecule has 1 aromatic heterocycles. The number of halogens is 2. The average molecular weight is 301 g/mol. The molecule has 0 amide bonds. The Morgan fingerprint density at radius 1 is 1.44 bits per heavy atom. The summed E-state index contributed by atoms with van der Waals surface area (Å²) in [7, 11) is 0. The van der Waals surface area contributed by atoms with Crippen molar-refractivity contribution < 1.29 is 0 Å². The highest BCUT2D eigenvalue weighted by Crippen LogP contribution is 2.21. The zero-order chi connectivity index (χ0) is 11.7. The standard InChI is InChI=1S/C11H11BrClN3/c1-7-3-4-9(12)5-11(7)16-6-10(8(2)13)14-15-16/h3-6,8H,1-2H3. The van der Waals surface area contributed by atoms with E-state index in [1.165, 1.54) is 0 Å². The molecule has 1 heterocycles. The SMILES string of the molecule is Cc1ccc(Br)cc1-n1cc(C(C)Cl)nn1. The summed E-state index contributed by atoms with van der Waals surface area (Å²) in [4.78, 5) is 0. The third kappa shape index (κ3) is 2.28. The Morgan fingerprint density at radius 2 is 2.19 bits per heavy atom. The quantitative estimate of drug-likeness (QED) is 0.793. The second kappa shape index (κ2) is 4.55. The van der Waals surface area contributed by atoms with Crippen molar-refractivity contribution in [1.82, 2.24) is 15.0 Å². The van der Waals surface area contributed by atoms with Crippen LogP contribution in [-0.4, -0.2) is 15.0 Å². The molecule has 84 valence electrons. The first-order valence-electron chi connectivity index (χ1n) is 4.91. The average Bonchev–Trinajstić information content (AvgIpc) is 2.70. The minimum atomic E-state index is -0.124. The number of aryl methyl sites for hydroxylation is 1. The molecule has 0 spiro atoms. The van der Waals surface area contributed by atoms with Gasteiger partial charge >= 0.3 is 0 Å². The Hall–Kier alpha value is -0.870. The summed E-state index contributed by atoms with van der Waals surface area (Å²) >= 11 is 9.39. The molecule has 0 saturated heterocycles. The summed E-state index contributed by atoms with van der Waals surface area (Å²) in [5.41, 5.74) is 2.92. The maximum Gasteiger partial charge on any atom is 0.101 e. The number of rotatable bonds is 2.